The number of carbonyl (C=O) groups is 1. The molecule has 0 aliphatic rings. The van der Waals surface area contributed by atoms with Gasteiger partial charge in [0.1, 0.15) is 0 Å². The summed E-state index contributed by atoms with van der Waals surface area (Å²) in [6.45, 7) is 8.40. The molecule has 0 bridgehead atoms. The van der Waals surface area contributed by atoms with Crippen LogP contribution in [0.1, 0.15) is 40.5 Å². The van der Waals surface area contributed by atoms with Crippen molar-refractivity contribution in [2.75, 3.05) is 11.9 Å². The van der Waals surface area contributed by atoms with Gasteiger partial charge in [0.2, 0.25) is 5.91 Å². The average molecular weight is 296 g/mol. The van der Waals surface area contributed by atoms with E-state index >= 15 is 0 Å². The molecular formula is C16H25FN2O2. The molecule has 21 heavy (non-hydrogen) atoms. The summed E-state index contributed by atoms with van der Waals surface area (Å²) in [5, 5.41) is 2.65. The van der Waals surface area contributed by atoms with E-state index < -0.39 is 5.82 Å². The van der Waals surface area contributed by atoms with Crippen LogP contribution in [-0.4, -0.2) is 18.6 Å². The van der Waals surface area contributed by atoms with Crippen LogP contribution in [0, 0.1) is 11.2 Å². The number of anilines is 1. The molecule has 5 heteroatoms. The number of rotatable bonds is 6. The molecule has 118 valence electrons. The zero-order chi connectivity index (χ0) is 16.0. The van der Waals surface area contributed by atoms with Crippen molar-refractivity contribution in [3.8, 4) is 5.75 Å². The predicted molar refractivity (Wildman–Crippen MR) is 82.9 cm³/mol. The van der Waals surface area contributed by atoms with Gasteiger partial charge in [0.25, 0.3) is 0 Å². The molecule has 1 rings (SSSR count). The number of nitrogens with two attached hydrogens (primary N) is 1. The zero-order valence-corrected chi connectivity index (χ0v) is 13.2. The van der Waals surface area contributed by atoms with Gasteiger partial charge in [0.15, 0.2) is 11.6 Å². The molecule has 0 spiro atoms. The van der Waals surface area contributed by atoms with E-state index in [4.69, 9.17) is 10.5 Å². The van der Waals surface area contributed by atoms with Crippen LogP contribution in [0.3, 0.4) is 0 Å². The molecule has 0 saturated heterocycles. The summed E-state index contributed by atoms with van der Waals surface area (Å²) in [5.74, 6) is -0.524. The molecule has 0 saturated carbocycles. The summed E-state index contributed by atoms with van der Waals surface area (Å²) in [6, 6.07) is 4.15. The maximum atomic E-state index is 13.7. The lowest BCUT2D eigenvalue weighted by atomic mass is 9.87. The minimum Gasteiger partial charge on any atom is -0.491 e. The molecule has 1 atom stereocenters. The molecule has 1 aromatic rings. The van der Waals surface area contributed by atoms with Gasteiger partial charge >= 0.3 is 0 Å². The Balaban J connectivity index is 2.57. The van der Waals surface area contributed by atoms with Crippen molar-refractivity contribution in [3.05, 3.63) is 24.0 Å². The number of hydrogen-bond acceptors (Lipinski definition) is 3. The van der Waals surface area contributed by atoms with Gasteiger partial charge in [-0.2, -0.15) is 0 Å². The van der Waals surface area contributed by atoms with Crippen LogP contribution in [-0.2, 0) is 4.79 Å². The Kier molecular flexibility index (Phi) is 6.15. The van der Waals surface area contributed by atoms with Gasteiger partial charge in [-0.3, -0.25) is 4.79 Å². The summed E-state index contributed by atoms with van der Waals surface area (Å²) in [6.07, 6.45) is 0.962. The topological polar surface area (TPSA) is 64.3 Å². The van der Waals surface area contributed by atoms with Crippen LogP contribution in [0.15, 0.2) is 18.2 Å². The smallest absolute Gasteiger partial charge is 0.225 e. The molecule has 3 N–H and O–H groups in total. The van der Waals surface area contributed by atoms with Gasteiger partial charge in [-0.15, -0.1) is 0 Å². The standard InChI is InChI=1S/C16H25FN2O2/c1-5-21-14-7-6-12(9-13(14)17)19-15(20)8-11(18)10-16(2,3)4/h6-7,9,11H,5,8,10,18H2,1-4H3,(H,19,20). The second-order valence-electron chi connectivity index (χ2n) is 6.36. The highest BCUT2D eigenvalue weighted by atomic mass is 19.1. The number of nitrogens with one attached hydrogen (secondary N) is 1. The first-order valence-electron chi connectivity index (χ1n) is 7.19. The normalized spacial score (nSPS) is 12.9. The Bertz CT molecular complexity index is 484. The molecule has 0 aliphatic heterocycles. The highest BCUT2D eigenvalue weighted by molar-refractivity contribution is 5.91. The Morgan fingerprint density at radius 2 is 2.10 bits per heavy atom. The Labute approximate surface area is 125 Å². The van der Waals surface area contributed by atoms with E-state index in [2.05, 4.69) is 26.1 Å². The fraction of sp³-hybridized carbons (Fsp3) is 0.562. The number of carbonyl (C=O) groups excluding carboxylic acids is 1. The minimum atomic E-state index is -0.492. The van der Waals surface area contributed by atoms with Crippen LogP contribution in [0.5, 0.6) is 5.75 Å². The van der Waals surface area contributed by atoms with Crippen LogP contribution in [0.25, 0.3) is 0 Å². The van der Waals surface area contributed by atoms with E-state index in [-0.39, 0.29) is 29.5 Å². The van der Waals surface area contributed by atoms with Gasteiger partial charge in [-0.25, -0.2) is 4.39 Å². The van der Waals surface area contributed by atoms with E-state index in [1.807, 2.05) is 0 Å². The second-order valence-corrected chi connectivity index (χ2v) is 6.36. The molecule has 0 heterocycles. The second kappa shape index (κ2) is 7.41. The maximum Gasteiger partial charge on any atom is 0.225 e. The summed E-state index contributed by atoms with van der Waals surface area (Å²) in [4.78, 5) is 11.9. The lowest BCUT2D eigenvalue weighted by molar-refractivity contribution is -0.116. The van der Waals surface area contributed by atoms with Gasteiger partial charge in [0, 0.05) is 24.2 Å². The van der Waals surface area contributed by atoms with Crippen molar-refractivity contribution < 1.29 is 13.9 Å². The Hall–Kier alpha value is -1.62. The average Bonchev–Trinajstić information content (AvgIpc) is 2.29. The molecule has 0 aliphatic carbocycles. The number of benzene rings is 1. The third kappa shape index (κ3) is 6.58. The van der Waals surface area contributed by atoms with E-state index in [9.17, 15) is 9.18 Å². The SMILES string of the molecule is CCOc1ccc(NC(=O)CC(N)CC(C)(C)C)cc1F. The Morgan fingerprint density at radius 3 is 2.62 bits per heavy atom. The predicted octanol–water partition coefficient (Wildman–Crippen LogP) is 3.32. The third-order valence-electron chi connectivity index (χ3n) is 2.84. The number of amides is 1. The largest absolute Gasteiger partial charge is 0.491 e. The van der Waals surface area contributed by atoms with E-state index in [1.54, 1.807) is 13.0 Å². The first-order chi connectivity index (χ1) is 9.71. The van der Waals surface area contributed by atoms with Crippen molar-refractivity contribution in [1.29, 1.82) is 0 Å². The van der Waals surface area contributed by atoms with Crippen molar-refractivity contribution >= 4 is 11.6 Å². The lowest BCUT2D eigenvalue weighted by Gasteiger charge is -2.22. The molecule has 0 radical (unpaired) electrons. The van der Waals surface area contributed by atoms with Gasteiger partial charge < -0.3 is 15.8 Å². The minimum absolute atomic E-state index is 0.0743. The van der Waals surface area contributed by atoms with Crippen LogP contribution in [0.4, 0.5) is 10.1 Å². The first kappa shape index (κ1) is 17.4. The highest BCUT2D eigenvalue weighted by Crippen LogP contribution is 2.23. The van der Waals surface area contributed by atoms with Gasteiger partial charge in [-0.1, -0.05) is 20.8 Å². The summed E-state index contributed by atoms with van der Waals surface area (Å²) < 4.78 is 18.8. The van der Waals surface area contributed by atoms with Crippen LogP contribution >= 0.6 is 0 Å². The lowest BCUT2D eigenvalue weighted by Crippen LogP contribution is -2.31. The monoisotopic (exact) mass is 296 g/mol. The van der Waals surface area contributed by atoms with Crippen molar-refractivity contribution in [2.24, 2.45) is 11.1 Å². The fourth-order valence-corrected chi connectivity index (χ4v) is 2.16. The molecule has 4 nitrogen and oxygen atoms in total. The maximum absolute atomic E-state index is 13.7. The number of hydrogen-bond donors (Lipinski definition) is 2. The fourth-order valence-electron chi connectivity index (χ4n) is 2.16. The van der Waals surface area contributed by atoms with Gasteiger partial charge in [0.05, 0.1) is 6.61 Å². The summed E-state index contributed by atoms with van der Waals surface area (Å²) in [7, 11) is 0. The quantitative estimate of drug-likeness (QED) is 0.846. The van der Waals surface area contributed by atoms with Crippen molar-refractivity contribution in [1.82, 2.24) is 0 Å². The van der Waals surface area contributed by atoms with E-state index in [0.29, 0.717) is 12.3 Å². The van der Waals surface area contributed by atoms with E-state index in [1.165, 1.54) is 12.1 Å². The Morgan fingerprint density at radius 1 is 1.43 bits per heavy atom. The van der Waals surface area contributed by atoms with Gasteiger partial charge in [-0.05, 0) is 30.9 Å². The molecule has 1 unspecified atom stereocenters. The highest BCUT2D eigenvalue weighted by Gasteiger charge is 2.18. The van der Waals surface area contributed by atoms with Crippen LogP contribution in [0.2, 0.25) is 0 Å². The molecule has 0 aromatic heterocycles. The summed E-state index contributed by atoms with van der Waals surface area (Å²) >= 11 is 0. The molecule has 1 aromatic carbocycles. The molecule has 0 fully saturated rings. The number of ether oxygens (including phenoxy) is 1. The van der Waals surface area contributed by atoms with Crippen molar-refractivity contribution in [2.45, 2.75) is 46.6 Å². The first-order valence-corrected chi connectivity index (χ1v) is 7.19. The number of halogens is 1. The van der Waals surface area contributed by atoms with Crippen LogP contribution < -0.4 is 15.8 Å². The molecule has 1 amide bonds. The zero-order valence-electron chi connectivity index (χ0n) is 13.2. The van der Waals surface area contributed by atoms with Crippen molar-refractivity contribution in [3.63, 3.8) is 0 Å². The third-order valence-corrected chi connectivity index (χ3v) is 2.84. The summed E-state index contributed by atoms with van der Waals surface area (Å²) in [5.41, 5.74) is 6.43. The van der Waals surface area contributed by atoms with E-state index in [0.717, 1.165) is 6.42 Å². The molecular weight excluding hydrogens is 271 g/mol.